The van der Waals surface area contributed by atoms with Gasteiger partial charge in [0.05, 0.1) is 17.5 Å². The monoisotopic (exact) mass is 299 g/mol. The average Bonchev–Trinajstić information content (AvgIpc) is 2.29. The van der Waals surface area contributed by atoms with Gasteiger partial charge < -0.3 is 10.1 Å². The number of hydrogen-bond donors (Lipinski definition) is 1. The molecule has 1 amide bonds. The number of nitrogens with one attached hydrogen (secondary N) is 1. The van der Waals surface area contributed by atoms with Crippen molar-refractivity contribution >= 4 is 21.8 Å². The van der Waals surface area contributed by atoms with Gasteiger partial charge in [-0.05, 0) is 38.5 Å². The van der Waals surface area contributed by atoms with Crippen molar-refractivity contribution in [1.29, 1.82) is 0 Å². The fourth-order valence-corrected chi connectivity index (χ4v) is 1.58. The van der Waals surface area contributed by atoms with E-state index in [-0.39, 0.29) is 16.8 Å². The summed E-state index contributed by atoms with van der Waals surface area (Å²) in [5, 5.41) is 2.92. The zero-order valence-electron chi connectivity index (χ0n) is 10.4. The Bertz CT molecular complexity index is 379. The molecule has 0 spiro atoms. The molecule has 0 aliphatic carbocycles. The summed E-state index contributed by atoms with van der Waals surface area (Å²) in [6.07, 6.45) is 0. The van der Waals surface area contributed by atoms with Crippen molar-refractivity contribution in [3.8, 4) is 5.75 Å². The summed E-state index contributed by atoms with van der Waals surface area (Å²) in [6.45, 7) is 6.35. The van der Waals surface area contributed by atoms with Crippen LogP contribution in [-0.2, 0) is 4.79 Å². The van der Waals surface area contributed by atoms with Gasteiger partial charge in [0.1, 0.15) is 5.75 Å². The number of amides is 1. The number of benzene rings is 1. The smallest absolute Gasteiger partial charge is 0.233 e. The van der Waals surface area contributed by atoms with Crippen LogP contribution >= 0.6 is 15.9 Å². The lowest BCUT2D eigenvalue weighted by Crippen LogP contribution is -2.31. The van der Waals surface area contributed by atoms with Crippen LogP contribution in [0.1, 0.15) is 32.4 Å². The van der Waals surface area contributed by atoms with E-state index >= 15 is 0 Å². The predicted octanol–water partition coefficient (Wildman–Crippen LogP) is 3.05. The first-order valence-corrected chi connectivity index (χ1v) is 6.63. The first-order valence-electron chi connectivity index (χ1n) is 5.71. The molecule has 4 heteroatoms. The maximum absolute atomic E-state index is 11.5. The molecule has 17 heavy (non-hydrogen) atoms. The first-order chi connectivity index (χ1) is 8.04. The molecule has 0 saturated heterocycles. The van der Waals surface area contributed by atoms with Gasteiger partial charge in [0, 0.05) is 0 Å². The highest BCUT2D eigenvalue weighted by molar-refractivity contribution is 9.10. The van der Waals surface area contributed by atoms with Crippen LogP contribution in [-0.4, -0.2) is 17.3 Å². The predicted molar refractivity (Wildman–Crippen MR) is 72.6 cm³/mol. The van der Waals surface area contributed by atoms with E-state index in [0.717, 1.165) is 11.3 Å². The maximum Gasteiger partial charge on any atom is 0.233 e. The largest absolute Gasteiger partial charge is 0.494 e. The number of ether oxygens (including phenoxy) is 1. The number of carbonyl (C=O) groups is 1. The van der Waals surface area contributed by atoms with Crippen molar-refractivity contribution < 1.29 is 9.53 Å². The average molecular weight is 300 g/mol. The summed E-state index contributed by atoms with van der Waals surface area (Å²) in [6, 6.07) is 7.75. The maximum atomic E-state index is 11.5. The molecule has 0 unspecified atom stereocenters. The van der Waals surface area contributed by atoms with Crippen molar-refractivity contribution in [1.82, 2.24) is 5.32 Å². The number of alkyl halides is 1. The highest BCUT2D eigenvalue weighted by Crippen LogP contribution is 2.19. The SMILES string of the molecule is CCOc1cccc([C@@H](C)NC(=O)[C@H](C)Br)c1. The summed E-state index contributed by atoms with van der Waals surface area (Å²) in [4.78, 5) is 11.4. The van der Waals surface area contributed by atoms with Gasteiger partial charge >= 0.3 is 0 Å². The fraction of sp³-hybridized carbons (Fsp3) is 0.462. The third-order valence-electron chi connectivity index (χ3n) is 2.39. The molecule has 2 atom stereocenters. The van der Waals surface area contributed by atoms with E-state index in [1.807, 2.05) is 38.1 Å². The van der Waals surface area contributed by atoms with E-state index in [2.05, 4.69) is 21.2 Å². The third kappa shape index (κ3) is 4.38. The first kappa shape index (κ1) is 14.0. The summed E-state index contributed by atoms with van der Waals surface area (Å²) in [5.74, 6) is 0.817. The minimum atomic E-state index is -0.181. The number of rotatable bonds is 5. The minimum absolute atomic E-state index is 0.0145. The second kappa shape index (κ2) is 6.64. The standard InChI is InChI=1S/C13H18BrNO2/c1-4-17-12-7-5-6-11(8-12)10(3)15-13(16)9(2)14/h5-10H,4H2,1-3H3,(H,15,16)/t9-,10+/m0/s1. The highest BCUT2D eigenvalue weighted by atomic mass is 79.9. The second-order valence-corrected chi connectivity index (χ2v) is 5.23. The molecule has 0 heterocycles. The molecule has 1 N–H and O–H groups in total. The van der Waals surface area contributed by atoms with Gasteiger partial charge in [-0.1, -0.05) is 28.1 Å². The van der Waals surface area contributed by atoms with Gasteiger partial charge in [-0.2, -0.15) is 0 Å². The third-order valence-corrected chi connectivity index (χ3v) is 2.80. The van der Waals surface area contributed by atoms with Crippen molar-refractivity contribution in [2.75, 3.05) is 6.61 Å². The van der Waals surface area contributed by atoms with Gasteiger partial charge in [0.2, 0.25) is 5.91 Å². The molecule has 0 aliphatic heterocycles. The Morgan fingerprint density at radius 3 is 2.76 bits per heavy atom. The van der Waals surface area contributed by atoms with Crippen LogP contribution in [0.15, 0.2) is 24.3 Å². The molecular weight excluding hydrogens is 282 g/mol. The normalized spacial score (nSPS) is 13.9. The number of halogens is 1. The Kier molecular flexibility index (Phi) is 5.48. The van der Waals surface area contributed by atoms with Crippen molar-refractivity contribution in [3.63, 3.8) is 0 Å². The Hall–Kier alpha value is -1.03. The van der Waals surface area contributed by atoms with Crippen LogP contribution in [0.2, 0.25) is 0 Å². The van der Waals surface area contributed by atoms with Crippen LogP contribution < -0.4 is 10.1 Å². The van der Waals surface area contributed by atoms with Crippen LogP contribution in [0.5, 0.6) is 5.75 Å². The van der Waals surface area contributed by atoms with Gasteiger partial charge in [-0.25, -0.2) is 0 Å². The Labute approximate surface area is 111 Å². The Morgan fingerprint density at radius 2 is 2.18 bits per heavy atom. The van der Waals surface area contributed by atoms with E-state index in [4.69, 9.17) is 4.74 Å². The molecule has 1 rings (SSSR count). The summed E-state index contributed by atoms with van der Waals surface area (Å²) >= 11 is 3.24. The highest BCUT2D eigenvalue weighted by Gasteiger charge is 2.13. The van der Waals surface area contributed by atoms with E-state index < -0.39 is 0 Å². The van der Waals surface area contributed by atoms with Crippen molar-refractivity contribution in [2.45, 2.75) is 31.6 Å². The van der Waals surface area contributed by atoms with Crippen LogP contribution in [0.3, 0.4) is 0 Å². The van der Waals surface area contributed by atoms with Gasteiger partial charge in [0.15, 0.2) is 0 Å². The quantitative estimate of drug-likeness (QED) is 0.849. The lowest BCUT2D eigenvalue weighted by Gasteiger charge is -2.16. The van der Waals surface area contributed by atoms with Crippen LogP contribution in [0.4, 0.5) is 0 Å². The topological polar surface area (TPSA) is 38.3 Å². The molecular formula is C13H18BrNO2. The lowest BCUT2D eigenvalue weighted by molar-refractivity contribution is -0.120. The van der Waals surface area contributed by atoms with Gasteiger partial charge in [-0.15, -0.1) is 0 Å². The molecule has 1 aromatic rings. The zero-order valence-corrected chi connectivity index (χ0v) is 12.0. The van der Waals surface area contributed by atoms with E-state index in [1.165, 1.54) is 0 Å². The molecule has 0 aliphatic rings. The molecule has 0 fully saturated rings. The molecule has 3 nitrogen and oxygen atoms in total. The van der Waals surface area contributed by atoms with Crippen LogP contribution in [0, 0.1) is 0 Å². The zero-order chi connectivity index (χ0) is 12.8. The van der Waals surface area contributed by atoms with Gasteiger partial charge in [0.25, 0.3) is 0 Å². The molecule has 0 saturated carbocycles. The molecule has 94 valence electrons. The van der Waals surface area contributed by atoms with E-state index in [0.29, 0.717) is 6.61 Å². The Balaban J connectivity index is 2.71. The fourth-order valence-electron chi connectivity index (χ4n) is 1.45. The molecule has 0 bridgehead atoms. The number of hydrogen-bond acceptors (Lipinski definition) is 2. The minimum Gasteiger partial charge on any atom is -0.494 e. The molecule has 0 radical (unpaired) electrons. The van der Waals surface area contributed by atoms with E-state index in [1.54, 1.807) is 6.92 Å². The molecule has 1 aromatic carbocycles. The Morgan fingerprint density at radius 1 is 1.47 bits per heavy atom. The second-order valence-electron chi connectivity index (χ2n) is 3.85. The summed E-state index contributed by atoms with van der Waals surface area (Å²) < 4.78 is 5.43. The summed E-state index contributed by atoms with van der Waals surface area (Å²) in [5.41, 5.74) is 1.04. The summed E-state index contributed by atoms with van der Waals surface area (Å²) in [7, 11) is 0. The molecule has 0 aromatic heterocycles. The van der Waals surface area contributed by atoms with Crippen LogP contribution in [0.25, 0.3) is 0 Å². The lowest BCUT2D eigenvalue weighted by atomic mass is 10.1. The number of carbonyl (C=O) groups excluding carboxylic acids is 1. The van der Waals surface area contributed by atoms with E-state index in [9.17, 15) is 4.79 Å². The van der Waals surface area contributed by atoms with Gasteiger partial charge in [-0.3, -0.25) is 4.79 Å². The van der Waals surface area contributed by atoms with Crippen molar-refractivity contribution in [2.24, 2.45) is 0 Å². The van der Waals surface area contributed by atoms with Crippen molar-refractivity contribution in [3.05, 3.63) is 29.8 Å².